The van der Waals surface area contributed by atoms with Crippen molar-refractivity contribution in [1.29, 1.82) is 0 Å². The number of methoxy groups -OCH3 is 1. The summed E-state index contributed by atoms with van der Waals surface area (Å²) in [4.78, 5) is 14.6. The molecule has 1 unspecified atom stereocenters. The van der Waals surface area contributed by atoms with Crippen LogP contribution >= 0.6 is 0 Å². The number of hydrogen-bond acceptors (Lipinski definition) is 7. The van der Waals surface area contributed by atoms with E-state index in [2.05, 4.69) is 15.5 Å². The van der Waals surface area contributed by atoms with Gasteiger partial charge in [0.25, 0.3) is 5.89 Å². The van der Waals surface area contributed by atoms with Gasteiger partial charge in [-0.3, -0.25) is 10.1 Å². The zero-order valence-corrected chi connectivity index (χ0v) is 12.0. The van der Waals surface area contributed by atoms with Gasteiger partial charge in [0.15, 0.2) is 11.6 Å². The van der Waals surface area contributed by atoms with Gasteiger partial charge in [0.1, 0.15) is 0 Å². The van der Waals surface area contributed by atoms with Gasteiger partial charge in [-0.25, -0.2) is 0 Å². The van der Waals surface area contributed by atoms with Crippen LogP contribution in [0, 0.1) is 10.1 Å². The number of nitrogens with zero attached hydrogens (tertiary/aromatic N) is 3. The number of rotatable bonds is 6. The highest BCUT2D eigenvalue weighted by atomic mass is 16.6. The maximum atomic E-state index is 10.9. The molecule has 1 heterocycles. The highest BCUT2D eigenvalue weighted by Gasteiger charge is 2.18. The van der Waals surface area contributed by atoms with Crippen molar-refractivity contribution in [3.8, 4) is 17.2 Å². The molecule has 0 saturated heterocycles. The molecule has 112 valence electrons. The minimum absolute atomic E-state index is 0.107. The van der Waals surface area contributed by atoms with Crippen LogP contribution in [-0.4, -0.2) is 35.3 Å². The Balaban J connectivity index is 2.28. The first-order valence-corrected chi connectivity index (χ1v) is 6.37. The first kappa shape index (κ1) is 14.9. The van der Waals surface area contributed by atoms with Crippen LogP contribution in [-0.2, 0) is 6.42 Å². The summed E-state index contributed by atoms with van der Waals surface area (Å²) in [6.45, 7) is 2.00. The molecule has 2 rings (SSSR count). The summed E-state index contributed by atoms with van der Waals surface area (Å²) >= 11 is 0. The number of aromatic nitrogens is 2. The second-order valence-corrected chi connectivity index (χ2v) is 4.55. The molecule has 0 radical (unpaired) electrons. The molecule has 0 amide bonds. The molecule has 8 heteroatoms. The molecule has 0 bridgehead atoms. The fraction of sp³-hybridized carbons (Fsp3) is 0.385. The summed E-state index contributed by atoms with van der Waals surface area (Å²) < 4.78 is 10.2. The molecule has 0 spiro atoms. The predicted octanol–water partition coefficient (Wildman–Crippen LogP) is 1.80. The van der Waals surface area contributed by atoms with Gasteiger partial charge in [0.05, 0.1) is 12.0 Å². The molecule has 0 saturated carbocycles. The van der Waals surface area contributed by atoms with Gasteiger partial charge in [-0.05, 0) is 20.0 Å². The maximum absolute atomic E-state index is 10.9. The first-order chi connectivity index (χ1) is 10.0. The molecule has 1 aromatic heterocycles. The van der Waals surface area contributed by atoms with Gasteiger partial charge >= 0.3 is 5.69 Å². The van der Waals surface area contributed by atoms with Gasteiger partial charge < -0.3 is 14.6 Å². The predicted molar refractivity (Wildman–Crippen MR) is 75.2 cm³/mol. The molecule has 0 aliphatic heterocycles. The Morgan fingerprint density at radius 1 is 1.52 bits per heavy atom. The zero-order chi connectivity index (χ0) is 15.4. The van der Waals surface area contributed by atoms with Crippen molar-refractivity contribution < 1.29 is 14.2 Å². The summed E-state index contributed by atoms with van der Waals surface area (Å²) in [7, 11) is 3.23. The molecular formula is C13H16N4O4. The van der Waals surface area contributed by atoms with Crippen molar-refractivity contribution in [2.24, 2.45) is 0 Å². The van der Waals surface area contributed by atoms with E-state index in [1.54, 1.807) is 6.07 Å². The number of nitrogens with one attached hydrogen (secondary N) is 1. The van der Waals surface area contributed by atoms with Gasteiger partial charge in [-0.1, -0.05) is 5.16 Å². The van der Waals surface area contributed by atoms with Crippen LogP contribution in [0.1, 0.15) is 12.7 Å². The lowest BCUT2D eigenvalue weighted by molar-refractivity contribution is -0.385. The van der Waals surface area contributed by atoms with Crippen molar-refractivity contribution in [1.82, 2.24) is 15.5 Å². The third kappa shape index (κ3) is 3.34. The highest BCUT2D eigenvalue weighted by Crippen LogP contribution is 2.31. The molecule has 2 aromatic rings. The van der Waals surface area contributed by atoms with Crippen molar-refractivity contribution in [3.05, 3.63) is 34.1 Å². The molecule has 0 fully saturated rings. The number of likely N-dealkylation sites (N-methyl/N-ethyl adjacent to an activating group) is 1. The molecule has 21 heavy (non-hydrogen) atoms. The van der Waals surface area contributed by atoms with Crippen LogP contribution < -0.4 is 10.1 Å². The van der Waals surface area contributed by atoms with Crippen LogP contribution in [0.4, 0.5) is 5.69 Å². The molecule has 1 aromatic carbocycles. The molecule has 0 aliphatic rings. The Labute approximate surface area is 121 Å². The van der Waals surface area contributed by atoms with Crippen LogP contribution in [0.25, 0.3) is 11.5 Å². The lowest BCUT2D eigenvalue weighted by Crippen LogP contribution is -2.24. The van der Waals surface area contributed by atoms with Gasteiger partial charge in [0, 0.05) is 30.2 Å². The molecule has 1 atom stereocenters. The molecular weight excluding hydrogens is 276 g/mol. The Hall–Kier alpha value is -2.48. The van der Waals surface area contributed by atoms with Gasteiger partial charge in [-0.2, -0.15) is 4.98 Å². The van der Waals surface area contributed by atoms with E-state index in [-0.39, 0.29) is 17.5 Å². The van der Waals surface area contributed by atoms with E-state index in [0.29, 0.717) is 23.7 Å². The average Bonchev–Trinajstić information content (AvgIpc) is 2.94. The maximum Gasteiger partial charge on any atom is 0.310 e. The summed E-state index contributed by atoms with van der Waals surface area (Å²) in [6, 6.07) is 4.65. The van der Waals surface area contributed by atoms with Gasteiger partial charge in [0.2, 0.25) is 0 Å². The van der Waals surface area contributed by atoms with E-state index in [0.717, 1.165) is 0 Å². The minimum Gasteiger partial charge on any atom is -0.490 e. The number of nitro benzene ring substituents is 1. The quantitative estimate of drug-likeness (QED) is 0.639. The monoisotopic (exact) mass is 292 g/mol. The van der Waals surface area contributed by atoms with Crippen molar-refractivity contribution >= 4 is 5.69 Å². The normalized spacial score (nSPS) is 12.1. The standard InChI is InChI=1S/C13H16N4O4/c1-8(14-2)6-12-15-13(21-16-12)9-4-5-10(17(18)19)11(7-9)20-3/h4-5,7-8,14H,6H2,1-3H3. The van der Waals surface area contributed by atoms with Crippen molar-refractivity contribution in [2.45, 2.75) is 19.4 Å². The number of nitro groups is 1. The van der Waals surface area contributed by atoms with E-state index in [4.69, 9.17) is 9.26 Å². The van der Waals surface area contributed by atoms with Crippen LogP contribution in [0.5, 0.6) is 5.75 Å². The lowest BCUT2D eigenvalue weighted by atomic mass is 10.2. The second-order valence-electron chi connectivity index (χ2n) is 4.55. The topological polar surface area (TPSA) is 103 Å². The number of ether oxygens (including phenoxy) is 1. The lowest BCUT2D eigenvalue weighted by Gasteiger charge is -2.04. The summed E-state index contributed by atoms with van der Waals surface area (Å²) in [6.07, 6.45) is 0.629. The third-order valence-electron chi connectivity index (χ3n) is 3.07. The number of hydrogen-bond donors (Lipinski definition) is 1. The average molecular weight is 292 g/mol. The number of benzene rings is 1. The summed E-state index contributed by atoms with van der Waals surface area (Å²) in [5, 5.41) is 17.8. The summed E-state index contributed by atoms with van der Waals surface area (Å²) in [5.41, 5.74) is 0.470. The Morgan fingerprint density at radius 2 is 2.29 bits per heavy atom. The largest absolute Gasteiger partial charge is 0.490 e. The smallest absolute Gasteiger partial charge is 0.310 e. The molecule has 1 N–H and O–H groups in total. The van der Waals surface area contributed by atoms with Crippen LogP contribution in [0.15, 0.2) is 22.7 Å². The van der Waals surface area contributed by atoms with E-state index in [1.165, 1.54) is 19.2 Å². The van der Waals surface area contributed by atoms with E-state index >= 15 is 0 Å². The minimum atomic E-state index is -0.504. The fourth-order valence-electron chi connectivity index (χ4n) is 1.79. The van der Waals surface area contributed by atoms with Gasteiger partial charge in [-0.15, -0.1) is 0 Å². The Morgan fingerprint density at radius 3 is 2.90 bits per heavy atom. The van der Waals surface area contributed by atoms with Crippen molar-refractivity contribution in [2.75, 3.05) is 14.2 Å². The second kappa shape index (κ2) is 6.31. The first-order valence-electron chi connectivity index (χ1n) is 6.37. The molecule has 8 nitrogen and oxygen atoms in total. The SMILES string of the molecule is CNC(C)Cc1noc(-c2ccc([N+](=O)[O-])c(OC)c2)n1. The van der Waals surface area contributed by atoms with E-state index in [9.17, 15) is 10.1 Å². The Bertz CT molecular complexity index is 641. The van der Waals surface area contributed by atoms with Crippen LogP contribution in [0.3, 0.4) is 0 Å². The van der Waals surface area contributed by atoms with E-state index < -0.39 is 4.92 Å². The zero-order valence-electron chi connectivity index (χ0n) is 12.0. The Kier molecular flexibility index (Phi) is 4.49. The van der Waals surface area contributed by atoms with E-state index in [1.807, 2.05) is 14.0 Å². The highest BCUT2D eigenvalue weighted by molar-refractivity contribution is 5.61. The fourth-order valence-corrected chi connectivity index (χ4v) is 1.79. The molecule has 0 aliphatic carbocycles. The summed E-state index contributed by atoms with van der Waals surface area (Å²) in [5.74, 6) is 1.03. The third-order valence-corrected chi connectivity index (χ3v) is 3.07. The van der Waals surface area contributed by atoms with Crippen molar-refractivity contribution in [3.63, 3.8) is 0 Å². The van der Waals surface area contributed by atoms with Crippen LogP contribution in [0.2, 0.25) is 0 Å².